The van der Waals surface area contributed by atoms with E-state index in [-0.39, 0.29) is 19.1 Å². The van der Waals surface area contributed by atoms with Gasteiger partial charge in [-0.3, -0.25) is 4.79 Å². The maximum Gasteiger partial charge on any atom is 0.262 e. The van der Waals surface area contributed by atoms with Crippen LogP contribution in [0.15, 0.2) is 70.3 Å². The normalized spacial score (nSPS) is 10.5. The molecule has 174 valence electrons. The highest BCUT2D eigenvalue weighted by Crippen LogP contribution is 2.36. The van der Waals surface area contributed by atoms with Gasteiger partial charge in [0.15, 0.2) is 18.1 Å². The van der Waals surface area contributed by atoms with Crippen molar-refractivity contribution >= 4 is 33.7 Å². The van der Waals surface area contributed by atoms with Gasteiger partial charge in [0.25, 0.3) is 5.91 Å². The monoisotopic (exact) mass is 521 g/mol. The van der Waals surface area contributed by atoms with Crippen LogP contribution in [0.2, 0.25) is 0 Å². The third kappa shape index (κ3) is 7.09. The van der Waals surface area contributed by atoms with Crippen LogP contribution in [0.3, 0.4) is 0 Å². The van der Waals surface area contributed by atoms with Gasteiger partial charge in [0.2, 0.25) is 0 Å². The molecule has 3 aromatic carbocycles. The van der Waals surface area contributed by atoms with E-state index in [1.807, 2.05) is 50.2 Å². The number of oxime groups is 1. The molecule has 0 spiro atoms. The van der Waals surface area contributed by atoms with E-state index in [1.54, 1.807) is 24.3 Å². The number of carbonyl (C=O) groups is 1. The number of rotatable bonds is 10. The Kier molecular flexibility index (Phi) is 9.06. The zero-order valence-corrected chi connectivity index (χ0v) is 20.5. The van der Waals surface area contributed by atoms with E-state index in [1.165, 1.54) is 6.21 Å². The Balaban J connectivity index is 1.63. The minimum Gasteiger partial charge on any atom is -0.490 e. The quantitative estimate of drug-likeness (QED) is 0.277. The Bertz CT molecular complexity index is 1200. The van der Waals surface area contributed by atoms with Crippen molar-refractivity contribution in [2.45, 2.75) is 20.5 Å². The number of amides is 1. The summed E-state index contributed by atoms with van der Waals surface area (Å²) in [5, 5.41) is 15.9. The molecule has 0 saturated carbocycles. The van der Waals surface area contributed by atoms with E-state index in [0.29, 0.717) is 39.4 Å². The summed E-state index contributed by atoms with van der Waals surface area (Å²) in [5.41, 5.74) is 3.83. The average molecular weight is 522 g/mol. The summed E-state index contributed by atoms with van der Waals surface area (Å²) in [7, 11) is 0. The summed E-state index contributed by atoms with van der Waals surface area (Å²) < 4.78 is 12.1. The molecular weight excluding hydrogens is 498 g/mol. The predicted molar refractivity (Wildman–Crippen MR) is 134 cm³/mol. The first-order valence-corrected chi connectivity index (χ1v) is 11.4. The van der Waals surface area contributed by atoms with Crippen LogP contribution in [0.5, 0.6) is 11.5 Å². The van der Waals surface area contributed by atoms with Crippen molar-refractivity contribution in [3.8, 4) is 17.6 Å². The van der Waals surface area contributed by atoms with E-state index in [2.05, 4.69) is 32.5 Å². The molecule has 0 aromatic heterocycles. The van der Waals surface area contributed by atoms with E-state index in [0.717, 1.165) is 11.1 Å². The molecule has 34 heavy (non-hydrogen) atoms. The first-order valence-electron chi connectivity index (χ1n) is 10.6. The lowest BCUT2D eigenvalue weighted by Crippen LogP contribution is -2.20. The molecule has 8 heteroatoms. The van der Waals surface area contributed by atoms with Crippen molar-refractivity contribution in [2.75, 3.05) is 18.5 Å². The van der Waals surface area contributed by atoms with E-state index in [9.17, 15) is 4.79 Å². The standard InChI is InChI=1S/C26H24BrN3O4/c1-3-32-24-13-19(15-29-34-16-21-7-5-4-6-20(21)14-28)12-23(27)26(24)33-17-25(31)30-22-10-8-18(2)9-11-22/h4-13,15H,3,16-17H2,1-2H3,(H,30,31)/b29-15-. The van der Waals surface area contributed by atoms with Gasteiger partial charge in [-0.05, 0) is 60.1 Å². The molecule has 0 fully saturated rings. The van der Waals surface area contributed by atoms with Crippen LogP contribution in [0, 0.1) is 18.3 Å². The molecule has 3 aromatic rings. The molecule has 0 aliphatic carbocycles. The van der Waals surface area contributed by atoms with E-state index < -0.39 is 0 Å². The summed E-state index contributed by atoms with van der Waals surface area (Å²) >= 11 is 3.48. The Labute approximate surface area is 207 Å². The molecule has 1 N–H and O–H groups in total. The molecule has 0 saturated heterocycles. The Hall–Kier alpha value is -3.83. The molecule has 7 nitrogen and oxygen atoms in total. The van der Waals surface area contributed by atoms with Gasteiger partial charge >= 0.3 is 0 Å². The highest BCUT2D eigenvalue weighted by molar-refractivity contribution is 9.10. The van der Waals surface area contributed by atoms with Crippen LogP contribution in [-0.2, 0) is 16.2 Å². The zero-order valence-electron chi connectivity index (χ0n) is 18.9. The minimum atomic E-state index is -0.283. The van der Waals surface area contributed by atoms with Gasteiger partial charge in [-0.15, -0.1) is 0 Å². The molecule has 0 aliphatic heterocycles. The van der Waals surface area contributed by atoms with Crippen molar-refractivity contribution in [3.63, 3.8) is 0 Å². The van der Waals surface area contributed by atoms with Crippen LogP contribution < -0.4 is 14.8 Å². The summed E-state index contributed by atoms with van der Waals surface area (Å²) in [5.74, 6) is 0.605. The van der Waals surface area contributed by atoms with Gasteiger partial charge in [-0.1, -0.05) is 41.1 Å². The van der Waals surface area contributed by atoms with Crippen LogP contribution in [-0.4, -0.2) is 25.3 Å². The lowest BCUT2D eigenvalue weighted by molar-refractivity contribution is -0.118. The highest BCUT2D eigenvalue weighted by Gasteiger charge is 2.14. The van der Waals surface area contributed by atoms with E-state index in [4.69, 9.17) is 19.6 Å². The molecule has 0 heterocycles. The number of carbonyl (C=O) groups excluding carboxylic acids is 1. The van der Waals surface area contributed by atoms with Crippen molar-refractivity contribution in [2.24, 2.45) is 5.16 Å². The van der Waals surface area contributed by atoms with Gasteiger partial charge in [-0.2, -0.15) is 5.26 Å². The number of aryl methyl sites for hydroxylation is 1. The second-order valence-corrected chi connectivity index (χ2v) is 8.10. The van der Waals surface area contributed by atoms with Crippen LogP contribution >= 0.6 is 15.9 Å². The molecule has 3 rings (SSSR count). The number of halogens is 1. The van der Waals surface area contributed by atoms with Crippen LogP contribution in [0.1, 0.15) is 29.2 Å². The van der Waals surface area contributed by atoms with Gasteiger partial charge < -0.3 is 19.6 Å². The molecule has 0 bridgehead atoms. The number of hydrogen-bond donors (Lipinski definition) is 1. The smallest absolute Gasteiger partial charge is 0.262 e. The molecule has 1 amide bonds. The number of anilines is 1. The summed E-state index contributed by atoms with van der Waals surface area (Å²) in [6.45, 7) is 4.26. The Morgan fingerprint density at radius 2 is 1.91 bits per heavy atom. The topological polar surface area (TPSA) is 92.9 Å². The number of nitrogens with zero attached hydrogens (tertiary/aromatic N) is 2. The fourth-order valence-corrected chi connectivity index (χ4v) is 3.57. The number of ether oxygens (including phenoxy) is 2. The van der Waals surface area contributed by atoms with Gasteiger partial charge in [0, 0.05) is 16.8 Å². The minimum absolute atomic E-state index is 0.178. The third-order valence-corrected chi connectivity index (χ3v) is 5.24. The first-order chi connectivity index (χ1) is 16.5. The maximum atomic E-state index is 12.3. The Morgan fingerprint density at radius 3 is 2.65 bits per heavy atom. The van der Waals surface area contributed by atoms with Crippen LogP contribution in [0.25, 0.3) is 0 Å². The molecule has 0 radical (unpaired) electrons. The number of benzene rings is 3. The summed E-state index contributed by atoms with van der Waals surface area (Å²) in [4.78, 5) is 17.7. The fraction of sp³-hybridized carbons (Fsp3) is 0.192. The second kappa shape index (κ2) is 12.4. The SMILES string of the molecule is CCOc1cc(/C=N\OCc2ccccc2C#N)cc(Br)c1OCC(=O)Nc1ccc(C)cc1. The second-order valence-electron chi connectivity index (χ2n) is 7.24. The third-order valence-electron chi connectivity index (χ3n) is 4.65. The number of hydrogen-bond acceptors (Lipinski definition) is 6. The van der Waals surface area contributed by atoms with Gasteiger partial charge in [-0.25, -0.2) is 0 Å². The molecular formula is C26H24BrN3O4. The summed E-state index contributed by atoms with van der Waals surface area (Å²) in [6, 6.07) is 20.4. The first kappa shape index (κ1) is 24.8. The fourth-order valence-electron chi connectivity index (χ4n) is 3.00. The lowest BCUT2D eigenvalue weighted by atomic mass is 10.1. The van der Waals surface area contributed by atoms with Crippen molar-refractivity contribution in [1.29, 1.82) is 5.26 Å². The zero-order chi connectivity index (χ0) is 24.3. The molecule has 0 aliphatic rings. The highest BCUT2D eigenvalue weighted by atomic mass is 79.9. The maximum absolute atomic E-state index is 12.3. The number of nitrogens with one attached hydrogen (secondary N) is 1. The van der Waals surface area contributed by atoms with Gasteiger partial charge in [0.05, 0.1) is 28.9 Å². The van der Waals surface area contributed by atoms with Crippen molar-refractivity contribution in [3.05, 3.63) is 87.4 Å². The van der Waals surface area contributed by atoms with Gasteiger partial charge in [0.1, 0.15) is 6.61 Å². The van der Waals surface area contributed by atoms with Crippen molar-refractivity contribution < 1.29 is 19.1 Å². The molecule has 0 unspecified atom stereocenters. The van der Waals surface area contributed by atoms with Crippen molar-refractivity contribution in [1.82, 2.24) is 0 Å². The van der Waals surface area contributed by atoms with E-state index >= 15 is 0 Å². The summed E-state index contributed by atoms with van der Waals surface area (Å²) in [6.07, 6.45) is 1.54. The number of nitriles is 1. The predicted octanol–water partition coefficient (Wildman–Crippen LogP) is 5.60. The average Bonchev–Trinajstić information content (AvgIpc) is 2.83. The van der Waals surface area contributed by atoms with Crippen LogP contribution in [0.4, 0.5) is 5.69 Å². The lowest BCUT2D eigenvalue weighted by Gasteiger charge is -2.14. The molecule has 0 atom stereocenters. The largest absolute Gasteiger partial charge is 0.490 e. The Morgan fingerprint density at radius 1 is 1.15 bits per heavy atom.